The highest BCUT2D eigenvalue weighted by Gasteiger charge is 2.07. The Morgan fingerprint density at radius 2 is 1.76 bits per heavy atom. The van der Waals surface area contributed by atoms with E-state index in [9.17, 15) is 4.79 Å². The highest BCUT2D eigenvalue weighted by Crippen LogP contribution is 2.05. The van der Waals surface area contributed by atoms with Crippen LogP contribution in [0.2, 0.25) is 0 Å². The summed E-state index contributed by atoms with van der Waals surface area (Å²) in [4.78, 5) is 13.7. The molecule has 3 heteroatoms. The number of rotatable bonds is 9. The molecule has 0 saturated heterocycles. The Bertz CT molecular complexity index is 202. The lowest BCUT2D eigenvalue weighted by Crippen LogP contribution is -2.37. The van der Waals surface area contributed by atoms with E-state index in [1.54, 1.807) is 0 Å². The molecule has 0 atom stereocenters. The third-order valence-electron chi connectivity index (χ3n) is 2.62. The molecule has 0 aliphatic carbocycles. The van der Waals surface area contributed by atoms with E-state index in [2.05, 4.69) is 37.9 Å². The van der Waals surface area contributed by atoms with Gasteiger partial charge in [-0.05, 0) is 25.3 Å². The largest absolute Gasteiger partial charge is 0.355 e. The zero-order valence-corrected chi connectivity index (χ0v) is 12.3. The first-order valence-corrected chi connectivity index (χ1v) is 6.87. The van der Waals surface area contributed by atoms with Crippen molar-refractivity contribution in [3.63, 3.8) is 0 Å². The molecule has 0 heterocycles. The van der Waals surface area contributed by atoms with Crippen molar-refractivity contribution < 1.29 is 4.79 Å². The fraction of sp³-hybridized carbons (Fsp3) is 0.929. The van der Waals surface area contributed by atoms with Crippen LogP contribution in [0.15, 0.2) is 0 Å². The lowest BCUT2D eigenvalue weighted by Gasteiger charge is -2.18. The van der Waals surface area contributed by atoms with Gasteiger partial charge in [0.1, 0.15) is 0 Å². The van der Waals surface area contributed by atoms with Crippen molar-refractivity contribution in [1.82, 2.24) is 10.2 Å². The number of hydrogen-bond acceptors (Lipinski definition) is 2. The number of likely N-dealkylation sites (N-methyl/N-ethyl adjacent to an activating group) is 1. The van der Waals surface area contributed by atoms with Crippen LogP contribution in [0.5, 0.6) is 0 Å². The van der Waals surface area contributed by atoms with E-state index in [0.717, 1.165) is 25.4 Å². The Morgan fingerprint density at radius 3 is 2.29 bits per heavy atom. The van der Waals surface area contributed by atoms with E-state index in [0.29, 0.717) is 12.5 Å². The van der Waals surface area contributed by atoms with Crippen molar-refractivity contribution in [2.75, 3.05) is 26.7 Å². The topological polar surface area (TPSA) is 32.3 Å². The van der Waals surface area contributed by atoms with Crippen molar-refractivity contribution in [3.05, 3.63) is 0 Å². The maximum atomic E-state index is 11.6. The zero-order valence-electron chi connectivity index (χ0n) is 12.3. The fourth-order valence-corrected chi connectivity index (χ4v) is 1.89. The van der Waals surface area contributed by atoms with Gasteiger partial charge in [-0.25, -0.2) is 0 Å². The van der Waals surface area contributed by atoms with Crippen LogP contribution in [-0.4, -0.2) is 37.5 Å². The number of carbonyl (C=O) groups is 1. The minimum Gasteiger partial charge on any atom is -0.355 e. The second-order valence-corrected chi connectivity index (χ2v) is 5.83. The van der Waals surface area contributed by atoms with Crippen LogP contribution < -0.4 is 5.32 Å². The first kappa shape index (κ1) is 16.4. The molecule has 0 bridgehead atoms. The molecule has 0 rings (SSSR count). The van der Waals surface area contributed by atoms with E-state index < -0.39 is 0 Å². The molecule has 0 saturated carbocycles. The Balaban J connectivity index is 3.46. The second-order valence-electron chi connectivity index (χ2n) is 5.83. The molecule has 102 valence electrons. The van der Waals surface area contributed by atoms with Gasteiger partial charge in [-0.15, -0.1) is 0 Å². The summed E-state index contributed by atoms with van der Waals surface area (Å²) in [6, 6.07) is 0. The smallest absolute Gasteiger partial charge is 0.234 e. The van der Waals surface area contributed by atoms with E-state index in [1.165, 1.54) is 12.8 Å². The molecule has 0 radical (unpaired) electrons. The van der Waals surface area contributed by atoms with E-state index in [-0.39, 0.29) is 5.91 Å². The quantitative estimate of drug-likeness (QED) is 0.630. The fourth-order valence-electron chi connectivity index (χ4n) is 1.89. The van der Waals surface area contributed by atoms with Gasteiger partial charge < -0.3 is 5.32 Å². The first-order valence-electron chi connectivity index (χ1n) is 6.87. The van der Waals surface area contributed by atoms with Crippen LogP contribution in [0, 0.1) is 11.8 Å². The number of amides is 1. The van der Waals surface area contributed by atoms with Gasteiger partial charge >= 0.3 is 0 Å². The molecular formula is C14H30N2O. The molecule has 0 aliphatic heterocycles. The molecule has 0 aliphatic rings. The summed E-state index contributed by atoms with van der Waals surface area (Å²) in [5.41, 5.74) is 0. The Morgan fingerprint density at radius 1 is 1.12 bits per heavy atom. The number of nitrogens with one attached hydrogen (secondary N) is 1. The van der Waals surface area contributed by atoms with Crippen LogP contribution in [-0.2, 0) is 4.79 Å². The average Bonchev–Trinajstić information content (AvgIpc) is 2.14. The van der Waals surface area contributed by atoms with Gasteiger partial charge in [0, 0.05) is 13.1 Å². The Kier molecular flexibility index (Phi) is 9.14. The highest BCUT2D eigenvalue weighted by molar-refractivity contribution is 5.77. The standard InChI is InChI=1S/C14H30N2O/c1-12(2)8-6-7-9-15-14(17)11-16(5)10-13(3)4/h12-13H,6-11H2,1-5H3,(H,15,17). The lowest BCUT2D eigenvalue weighted by molar-refractivity contribution is -0.122. The molecule has 0 spiro atoms. The number of carbonyl (C=O) groups excluding carboxylic acids is 1. The van der Waals surface area contributed by atoms with Gasteiger partial charge in [-0.1, -0.05) is 40.5 Å². The summed E-state index contributed by atoms with van der Waals surface area (Å²) in [6.45, 7) is 11.1. The van der Waals surface area contributed by atoms with Gasteiger partial charge in [0.2, 0.25) is 5.91 Å². The van der Waals surface area contributed by atoms with Crippen LogP contribution in [0.3, 0.4) is 0 Å². The van der Waals surface area contributed by atoms with Crippen LogP contribution in [0.1, 0.15) is 47.0 Å². The van der Waals surface area contributed by atoms with Gasteiger partial charge in [0.25, 0.3) is 0 Å². The van der Waals surface area contributed by atoms with E-state index in [4.69, 9.17) is 0 Å². The minimum absolute atomic E-state index is 0.151. The van der Waals surface area contributed by atoms with Crippen molar-refractivity contribution >= 4 is 5.91 Å². The molecule has 1 amide bonds. The molecule has 0 aromatic heterocycles. The van der Waals surface area contributed by atoms with E-state index in [1.807, 2.05) is 7.05 Å². The zero-order chi connectivity index (χ0) is 13.3. The maximum Gasteiger partial charge on any atom is 0.234 e. The van der Waals surface area contributed by atoms with Crippen molar-refractivity contribution in [3.8, 4) is 0 Å². The molecule has 1 N–H and O–H groups in total. The lowest BCUT2D eigenvalue weighted by atomic mass is 10.1. The second kappa shape index (κ2) is 9.46. The summed E-state index contributed by atoms with van der Waals surface area (Å²) in [5.74, 6) is 1.53. The monoisotopic (exact) mass is 242 g/mol. The SMILES string of the molecule is CC(C)CCCCNC(=O)CN(C)CC(C)C. The number of unbranched alkanes of at least 4 members (excludes halogenated alkanes) is 1. The first-order chi connectivity index (χ1) is 7.91. The van der Waals surface area contributed by atoms with Crippen LogP contribution in [0.25, 0.3) is 0 Å². The van der Waals surface area contributed by atoms with Crippen molar-refractivity contribution in [2.45, 2.75) is 47.0 Å². The molecule has 0 fully saturated rings. The summed E-state index contributed by atoms with van der Waals surface area (Å²) < 4.78 is 0. The summed E-state index contributed by atoms with van der Waals surface area (Å²) >= 11 is 0. The van der Waals surface area contributed by atoms with Gasteiger partial charge in [0.15, 0.2) is 0 Å². The molecule has 17 heavy (non-hydrogen) atoms. The average molecular weight is 242 g/mol. The molecule has 0 aromatic carbocycles. The van der Waals surface area contributed by atoms with Gasteiger partial charge in [-0.3, -0.25) is 9.69 Å². The highest BCUT2D eigenvalue weighted by atomic mass is 16.2. The summed E-state index contributed by atoms with van der Waals surface area (Å²) in [7, 11) is 2.00. The van der Waals surface area contributed by atoms with Crippen molar-refractivity contribution in [1.29, 1.82) is 0 Å². The Hall–Kier alpha value is -0.570. The molecule has 0 aromatic rings. The minimum atomic E-state index is 0.151. The predicted octanol–water partition coefficient (Wildman–Crippen LogP) is 2.52. The van der Waals surface area contributed by atoms with Crippen LogP contribution >= 0.6 is 0 Å². The van der Waals surface area contributed by atoms with E-state index >= 15 is 0 Å². The summed E-state index contributed by atoms with van der Waals surface area (Å²) in [5, 5.41) is 2.98. The predicted molar refractivity (Wildman–Crippen MR) is 74.0 cm³/mol. The third kappa shape index (κ3) is 11.7. The molecular weight excluding hydrogens is 212 g/mol. The van der Waals surface area contributed by atoms with Gasteiger partial charge in [-0.2, -0.15) is 0 Å². The van der Waals surface area contributed by atoms with Gasteiger partial charge in [0.05, 0.1) is 6.54 Å². The van der Waals surface area contributed by atoms with Crippen LogP contribution in [0.4, 0.5) is 0 Å². The van der Waals surface area contributed by atoms with Crippen molar-refractivity contribution in [2.24, 2.45) is 11.8 Å². The third-order valence-corrected chi connectivity index (χ3v) is 2.62. The molecule has 3 nitrogen and oxygen atoms in total. The number of nitrogens with zero attached hydrogens (tertiary/aromatic N) is 1. The maximum absolute atomic E-state index is 11.6. The number of hydrogen-bond donors (Lipinski definition) is 1. The normalized spacial score (nSPS) is 11.5. The molecule has 0 unspecified atom stereocenters. The Labute approximate surface area is 107 Å². The summed E-state index contributed by atoms with van der Waals surface area (Å²) in [6.07, 6.45) is 3.56.